The van der Waals surface area contributed by atoms with Gasteiger partial charge in [0.2, 0.25) is 6.33 Å². The third kappa shape index (κ3) is 6.49. The second kappa shape index (κ2) is 10.5. The molecule has 0 fully saturated rings. The van der Waals surface area contributed by atoms with Crippen LogP contribution in [0.2, 0.25) is 10.0 Å². The molecule has 29 heavy (non-hydrogen) atoms. The predicted molar refractivity (Wildman–Crippen MR) is 110 cm³/mol. The Kier molecular flexibility index (Phi) is 8.01. The molecule has 1 aromatic heterocycles. The van der Waals surface area contributed by atoms with Crippen molar-refractivity contribution in [2.24, 2.45) is 0 Å². The lowest BCUT2D eigenvalue weighted by Gasteiger charge is -2.26. The van der Waals surface area contributed by atoms with Crippen molar-refractivity contribution in [3.05, 3.63) is 104 Å². The molecular weight excluding hydrogens is 415 g/mol. The molecule has 0 saturated carbocycles. The fraction of sp³-hybridized carbons (Fsp3) is 0.200. The first-order valence-electron chi connectivity index (χ1n) is 8.60. The van der Waals surface area contributed by atoms with Crippen molar-refractivity contribution in [3.8, 4) is 6.07 Å². The van der Waals surface area contributed by atoms with E-state index in [0.29, 0.717) is 23.0 Å². The highest BCUT2D eigenvalue weighted by atomic mass is 35.5. The van der Waals surface area contributed by atoms with Crippen LogP contribution >= 0.6 is 23.2 Å². The van der Waals surface area contributed by atoms with Gasteiger partial charge in [-0.25, -0.2) is 4.57 Å². The predicted octanol–water partition coefficient (Wildman–Crippen LogP) is 4.46. The van der Waals surface area contributed by atoms with Crippen LogP contribution in [-0.2, 0) is 18.4 Å². The van der Waals surface area contributed by atoms with E-state index in [1.54, 1.807) is 12.1 Å². The third-order valence-electron chi connectivity index (χ3n) is 4.40. The van der Waals surface area contributed by atoms with Gasteiger partial charge in [0.15, 0.2) is 0 Å². The highest BCUT2D eigenvalue weighted by Gasteiger charge is 2.36. The zero-order chi connectivity index (χ0) is 21.3. The van der Waals surface area contributed by atoms with E-state index < -0.39 is 10.5 Å². The normalized spacial score (nSPS) is 12.2. The SMILES string of the molecule is N#CC(CCc1ccccc1)(C[n+]1cc[nH]c1)c1ccc(Cl)cc1Cl.O=[N+]([O-])[O-]. The van der Waals surface area contributed by atoms with Gasteiger partial charge in [-0.3, -0.25) is 4.98 Å². The molecule has 1 unspecified atom stereocenters. The van der Waals surface area contributed by atoms with Crippen molar-refractivity contribution < 1.29 is 9.65 Å². The monoisotopic (exact) mass is 432 g/mol. The van der Waals surface area contributed by atoms with Crippen LogP contribution in [0.3, 0.4) is 0 Å². The van der Waals surface area contributed by atoms with Gasteiger partial charge in [-0.2, -0.15) is 5.26 Å². The maximum Gasteiger partial charge on any atom is 0.241 e. The van der Waals surface area contributed by atoms with E-state index in [9.17, 15) is 5.26 Å². The zero-order valence-electron chi connectivity index (χ0n) is 15.3. The smallest absolute Gasteiger partial charge is 0.241 e. The summed E-state index contributed by atoms with van der Waals surface area (Å²) in [6.45, 7) is 0.515. The number of aromatic nitrogens is 2. The number of aromatic amines is 1. The molecule has 1 atom stereocenters. The van der Waals surface area contributed by atoms with Gasteiger partial charge in [-0.05, 0) is 36.1 Å². The van der Waals surface area contributed by atoms with Gasteiger partial charge in [0, 0.05) is 10.0 Å². The summed E-state index contributed by atoms with van der Waals surface area (Å²) in [7, 11) is 0. The Hall–Kier alpha value is -3.08. The summed E-state index contributed by atoms with van der Waals surface area (Å²) in [6.07, 6.45) is 7.05. The van der Waals surface area contributed by atoms with E-state index in [0.717, 1.165) is 12.0 Å². The van der Waals surface area contributed by atoms with Gasteiger partial charge in [-0.1, -0.05) is 59.6 Å². The highest BCUT2D eigenvalue weighted by molar-refractivity contribution is 6.35. The van der Waals surface area contributed by atoms with Crippen LogP contribution in [0.15, 0.2) is 67.3 Å². The fourth-order valence-corrected chi connectivity index (χ4v) is 3.65. The molecule has 0 aliphatic carbocycles. The molecule has 150 valence electrons. The van der Waals surface area contributed by atoms with Gasteiger partial charge >= 0.3 is 0 Å². The average molecular weight is 433 g/mol. The average Bonchev–Trinajstić information content (AvgIpc) is 3.19. The molecule has 0 saturated heterocycles. The number of hydrogen-bond donors (Lipinski definition) is 1. The van der Waals surface area contributed by atoms with Crippen LogP contribution < -0.4 is 4.57 Å². The Morgan fingerprint density at radius 2 is 1.86 bits per heavy atom. The fourth-order valence-electron chi connectivity index (χ4n) is 3.06. The standard InChI is InChI=1S/C20H17Cl2N3.NO3/c21-17-6-7-18(19(22)12-17)20(13-23,14-25-11-10-24-15-25)9-8-16-4-2-1-3-5-16;2-1(3)4/h1-7,10-12,15H,8-9,14H2;/q;-1/p+1. The van der Waals surface area contributed by atoms with Gasteiger partial charge in [0.25, 0.3) is 0 Å². The lowest BCUT2D eigenvalue weighted by molar-refractivity contribution is -0.702. The minimum absolute atomic E-state index is 0.515. The first-order valence-corrected chi connectivity index (χ1v) is 9.36. The number of hydrogen-bond acceptors (Lipinski definition) is 4. The van der Waals surface area contributed by atoms with Crippen LogP contribution in [-0.4, -0.2) is 10.1 Å². The maximum atomic E-state index is 10.1. The minimum Gasteiger partial charge on any atom is -0.356 e. The Labute approximate surface area is 177 Å². The van der Waals surface area contributed by atoms with Crippen molar-refractivity contribution in [1.82, 2.24) is 4.98 Å². The van der Waals surface area contributed by atoms with Gasteiger partial charge < -0.3 is 15.3 Å². The molecule has 2 aromatic carbocycles. The Morgan fingerprint density at radius 3 is 2.41 bits per heavy atom. The number of aryl methyl sites for hydroxylation is 1. The number of imidazole rings is 1. The highest BCUT2D eigenvalue weighted by Crippen LogP contribution is 2.36. The summed E-state index contributed by atoms with van der Waals surface area (Å²) in [5.41, 5.74) is 1.27. The van der Waals surface area contributed by atoms with Crippen LogP contribution in [0, 0.1) is 26.7 Å². The van der Waals surface area contributed by atoms with Gasteiger partial charge in [0.1, 0.15) is 24.4 Å². The molecule has 0 aliphatic rings. The second-order valence-electron chi connectivity index (χ2n) is 6.31. The molecule has 3 rings (SSSR count). The van der Waals surface area contributed by atoms with E-state index >= 15 is 0 Å². The topological polar surface area (TPSA) is 110 Å². The molecule has 0 spiro atoms. The number of H-pyrrole nitrogens is 1. The van der Waals surface area contributed by atoms with Gasteiger partial charge in [-0.15, -0.1) is 0 Å². The number of rotatable bonds is 6. The maximum absolute atomic E-state index is 10.1. The van der Waals surface area contributed by atoms with Crippen molar-refractivity contribution in [1.29, 1.82) is 5.26 Å². The van der Waals surface area contributed by atoms with E-state index in [4.69, 9.17) is 38.5 Å². The number of benzene rings is 2. The largest absolute Gasteiger partial charge is 0.356 e. The first-order chi connectivity index (χ1) is 13.9. The zero-order valence-corrected chi connectivity index (χ0v) is 16.8. The molecule has 7 nitrogen and oxygen atoms in total. The summed E-state index contributed by atoms with van der Waals surface area (Å²) in [5, 5.41) is 26.0. The molecule has 0 amide bonds. The first kappa shape index (κ1) is 22.2. The number of nitrogens with one attached hydrogen (secondary N) is 1. The van der Waals surface area contributed by atoms with Crippen LogP contribution in [0.4, 0.5) is 0 Å². The number of halogens is 2. The van der Waals surface area contributed by atoms with E-state index in [1.807, 2.05) is 47.6 Å². The number of nitriles is 1. The summed E-state index contributed by atoms with van der Waals surface area (Å²) >= 11 is 12.5. The summed E-state index contributed by atoms with van der Waals surface area (Å²) < 4.78 is 1.97. The molecule has 0 aliphatic heterocycles. The third-order valence-corrected chi connectivity index (χ3v) is 4.95. The van der Waals surface area contributed by atoms with Crippen molar-refractivity contribution in [2.45, 2.75) is 24.8 Å². The Bertz CT molecular complexity index is 971. The lowest BCUT2D eigenvalue weighted by Crippen LogP contribution is -2.44. The molecule has 3 aromatic rings. The van der Waals surface area contributed by atoms with Crippen molar-refractivity contribution in [3.63, 3.8) is 0 Å². The second-order valence-corrected chi connectivity index (χ2v) is 7.15. The molecule has 0 bridgehead atoms. The van der Waals surface area contributed by atoms with Crippen LogP contribution in [0.1, 0.15) is 17.5 Å². The minimum atomic E-state index is -1.75. The molecule has 9 heteroatoms. The molecule has 1 heterocycles. The quantitative estimate of drug-likeness (QED) is 0.351. The van der Waals surface area contributed by atoms with Crippen LogP contribution in [0.5, 0.6) is 0 Å². The molecular formula is C20H18Cl2N4O3. The lowest BCUT2D eigenvalue weighted by atomic mass is 9.77. The van der Waals surface area contributed by atoms with Crippen molar-refractivity contribution in [2.75, 3.05) is 0 Å². The van der Waals surface area contributed by atoms with Crippen LogP contribution in [0.25, 0.3) is 0 Å². The molecule has 0 radical (unpaired) electrons. The van der Waals surface area contributed by atoms with E-state index in [2.05, 4.69) is 23.2 Å². The summed E-state index contributed by atoms with van der Waals surface area (Å²) in [4.78, 5) is 11.3. The van der Waals surface area contributed by atoms with Crippen molar-refractivity contribution >= 4 is 23.2 Å². The van der Waals surface area contributed by atoms with Gasteiger partial charge in [0.05, 0.1) is 11.2 Å². The van der Waals surface area contributed by atoms with E-state index in [1.165, 1.54) is 5.56 Å². The summed E-state index contributed by atoms with van der Waals surface area (Å²) in [6, 6.07) is 18.1. The summed E-state index contributed by atoms with van der Waals surface area (Å²) in [5.74, 6) is 0. The Balaban J connectivity index is 0.000000687. The number of nitrogens with zero attached hydrogens (tertiary/aromatic N) is 3. The van der Waals surface area contributed by atoms with E-state index in [-0.39, 0.29) is 0 Å². The molecule has 1 N–H and O–H groups in total. The Morgan fingerprint density at radius 1 is 1.17 bits per heavy atom.